The minimum Gasteiger partial charge on any atom is -0.302 e. The summed E-state index contributed by atoms with van der Waals surface area (Å²) in [5.41, 5.74) is 1.39. The van der Waals surface area contributed by atoms with Crippen LogP contribution in [0.25, 0.3) is 0 Å². The standard InChI is InChI=1S/C11H14ClN/c12-10-4-6-11(7-5-10)13-8-2-1-3-9-13/h4-7H,1-3,8-9H2/p+1. The molecule has 0 unspecified atom stereocenters. The van der Waals surface area contributed by atoms with Crippen LogP contribution in [0, 0.1) is 0 Å². The first-order chi connectivity index (χ1) is 6.36. The maximum atomic E-state index is 5.84. The Balaban J connectivity index is 2.10. The third-order valence-electron chi connectivity index (χ3n) is 2.71. The van der Waals surface area contributed by atoms with Gasteiger partial charge in [-0.25, -0.2) is 0 Å². The van der Waals surface area contributed by atoms with Crippen LogP contribution < -0.4 is 4.90 Å². The maximum Gasteiger partial charge on any atom is 0.131 e. The van der Waals surface area contributed by atoms with Gasteiger partial charge in [-0.3, -0.25) is 0 Å². The first kappa shape index (κ1) is 9.04. The number of hydrogen-bond acceptors (Lipinski definition) is 0. The van der Waals surface area contributed by atoms with Gasteiger partial charge in [0.15, 0.2) is 0 Å². The molecule has 0 radical (unpaired) electrons. The number of benzene rings is 1. The van der Waals surface area contributed by atoms with Gasteiger partial charge in [-0.2, -0.15) is 0 Å². The van der Waals surface area contributed by atoms with Crippen LogP contribution in [0.5, 0.6) is 0 Å². The summed E-state index contributed by atoms with van der Waals surface area (Å²) in [7, 11) is 0. The summed E-state index contributed by atoms with van der Waals surface area (Å²) in [5, 5.41) is 0.833. The van der Waals surface area contributed by atoms with Crippen molar-refractivity contribution >= 4 is 17.3 Å². The molecule has 1 aromatic carbocycles. The molecule has 1 aliphatic rings. The molecule has 13 heavy (non-hydrogen) atoms. The average Bonchev–Trinajstić information content (AvgIpc) is 2.20. The first-order valence-corrected chi connectivity index (χ1v) is 5.35. The van der Waals surface area contributed by atoms with Crippen LogP contribution in [0.15, 0.2) is 24.3 Å². The lowest BCUT2D eigenvalue weighted by molar-refractivity contribution is -0.838. The molecule has 1 N–H and O–H groups in total. The van der Waals surface area contributed by atoms with Gasteiger partial charge in [0.05, 0.1) is 13.1 Å². The van der Waals surface area contributed by atoms with Crippen LogP contribution in [0.2, 0.25) is 5.02 Å². The Morgan fingerprint density at radius 1 is 0.923 bits per heavy atom. The topological polar surface area (TPSA) is 4.44 Å². The highest BCUT2D eigenvalue weighted by Crippen LogP contribution is 2.11. The molecule has 70 valence electrons. The molecule has 0 saturated carbocycles. The zero-order valence-corrected chi connectivity index (χ0v) is 8.48. The van der Waals surface area contributed by atoms with Gasteiger partial charge in [0, 0.05) is 17.2 Å². The van der Waals surface area contributed by atoms with E-state index < -0.39 is 0 Å². The largest absolute Gasteiger partial charge is 0.302 e. The van der Waals surface area contributed by atoms with Crippen LogP contribution in [-0.2, 0) is 0 Å². The zero-order valence-electron chi connectivity index (χ0n) is 7.72. The van der Waals surface area contributed by atoms with Crippen molar-refractivity contribution in [1.82, 2.24) is 0 Å². The summed E-state index contributed by atoms with van der Waals surface area (Å²) in [4.78, 5) is 1.61. The molecular formula is C11H15ClN+. The Kier molecular flexibility index (Phi) is 2.87. The van der Waals surface area contributed by atoms with Crippen LogP contribution in [-0.4, -0.2) is 13.1 Å². The van der Waals surface area contributed by atoms with E-state index in [1.807, 2.05) is 12.1 Å². The Hall–Kier alpha value is -0.530. The predicted octanol–water partition coefficient (Wildman–Crippen LogP) is 2.04. The number of halogens is 1. The van der Waals surface area contributed by atoms with Crippen LogP contribution in [0.1, 0.15) is 19.3 Å². The van der Waals surface area contributed by atoms with Crippen molar-refractivity contribution in [2.45, 2.75) is 19.3 Å². The van der Waals surface area contributed by atoms with E-state index in [-0.39, 0.29) is 0 Å². The van der Waals surface area contributed by atoms with Gasteiger partial charge in [0.2, 0.25) is 0 Å². The van der Waals surface area contributed by atoms with E-state index >= 15 is 0 Å². The molecule has 0 aromatic heterocycles. The minimum atomic E-state index is 0.833. The number of hydrogen-bond donors (Lipinski definition) is 1. The van der Waals surface area contributed by atoms with Gasteiger partial charge < -0.3 is 4.90 Å². The number of nitrogens with one attached hydrogen (secondary N) is 1. The van der Waals surface area contributed by atoms with Gasteiger partial charge in [-0.1, -0.05) is 11.6 Å². The summed E-state index contributed by atoms with van der Waals surface area (Å²) < 4.78 is 0. The lowest BCUT2D eigenvalue weighted by Gasteiger charge is -2.22. The van der Waals surface area contributed by atoms with Gasteiger partial charge in [-0.05, 0) is 31.4 Å². The molecule has 1 fully saturated rings. The second-order valence-corrected chi connectivity index (χ2v) is 4.11. The first-order valence-electron chi connectivity index (χ1n) is 4.97. The van der Waals surface area contributed by atoms with Crippen LogP contribution in [0.4, 0.5) is 5.69 Å². The number of rotatable bonds is 1. The molecule has 2 heteroatoms. The predicted molar refractivity (Wildman–Crippen MR) is 55.7 cm³/mol. The summed E-state index contributed by atoms with van der Waals surface area (Å²) >= 11 is 5.84. The van der Waals surface area contributed by atoms with E-state index in [9.17, 15) is 0 Å². The molecule has 0 bridgehead atoms. The average molecular weight is 197 g/mol. The molecule has 0 spiro atoms. The highest BCUT2D eigenvalue weighted by Gasteiger charge is 2.15. The Labute approximate surface area is 84.3 Å². The van der Waals surface area contributed by atoms with Crippen molar-refractivity contribution < 1.29 is 4.90 Å². The highest BCUT2D eigenvalue weighted by molar-refractivity contribution is 6.30. The van der Waals surface area contributed by atoms with E-state index in [4.69, 9.17) is 11.6 Å². The third kappa shape index (κ3) is 2.23. The Morgan fingerprint density at radius 2 is 1.54 bits per heavy atom. The highest BCUT2D eigenvalue weighted by atomic mass is 35.5. The van der Waals surface area contributed by atoms with Crippen molar-refractivity contribution in [3.63, 3.8) is 0 Å². The van der Waals surface area contributed by atoms with E-state index in [0.29, 0.717) is 0 Å². The molecule has 1 saturated heterocycles. The van der Waals surface area contributed by atoms with E-state index in [2.05, 4.69) is 12.1 Å². The number of quaternary nitrogens is 1. The maximum absolute atomic E-state index is 5.84. The van der Waals surface area contributed by atoms with E-state index in [1.165, 1.54) is 38.0 Å². The molecule has 1 aromatic rings. The van der Waals surface area contributed by atoms with Gasteiger partial charge in [0.25, 0.3) is 0 Å². The molecule has 0 atom stereocenters. The molecule has 2 rings (SSSR count). The Bertz CT molecular complexity index is 262. The molecule has 0 amide bonds. The monoisotopic (exact) mass is 196 g/mol. The third-order valence-corrected chi connectivity index (χ3v) is 2.96. The molecular weight excluding hydrogens is 182 g/mol. The Morgan fingerprint density at radius 3 is 2.15 bits per heavy atom. The van der Waals surface area contributed by atoms with Crippen molar-refractivity contribution in [1.29, 1.82) is 0 Å². The minimum absolute atomic E-state index is 0.833. The van der Waals surface area contributed by atoms with Crippen LogP contribution in [0.3, 0.4) is 0 Å². The van der Waals surface area contributed by atoms with Crippen LogP contribution >= 0.6 is 11.6 Å². The lowest BCUT2D eigenvalue weighted by atomic mass is 10.1. The fourth-order valence-corrected chi connectivity index (χ4v) is 2.08. The fourth-order valence-electron chi connectivity index (χ4n) is 1.95. The molecule has 1 aliphatic heterocycles. The van der Waals surface area contributed by atoms with Crippen molar-refractivity contribution in [2.75, 3.05) is 13.1 Å². The quantitative estimate of drug-likeness (QED) is 0.701. The number of piperidine rings is 1. The molecule has 1 nitrogen and oxygen atoms in total. The van der Waals surface area contributed by atoms with Gasteiger partial charge in [0.1, 0.15) is 5.69 Å². The second-order valence-electron chi connectivity index (χ2n) is 3.67. The lowest BCUT2D eigenvalue weighted by Crippen LogP contribution is -3.08. The van der Waals surface area contributed by atoms with Crippen molar-refractivity contribution in [2.24, 2.45) is 0 Å². The fraction of sp³-hybridized carbons (Fsp3) is 0.455. The molecule has 0 aliphatic carbocycles. The van der Waals surface area contributed by atoms with Crippen molar-refractivity contribution in [3.8, 4) is 0 Å². The zero-order chi connectivity index (χ0) is 9.10. The molecule has 1 heterocycles. The normalized spacial score (nSPS) is 18.8. The summed E-state index contributed by atoms with van der Waals surface area (Å²) in [5.74, 6) is 0. The van der Waals surface area contributed by atoms with Gasteiger partial charge >= 0.3 is 0 Å². The van der Waals surface area contributed by atoms with E-state index in [0.717, 1.165) is 5.02 Å². The summed E-state index contributed by atoms with van der Waals surface area (Å²) in [6, 6.07) is 8.25. The van der Waals surface area contributed by atoms with E-state index in [1.54, 1.807) is 4.90 Å². The van der Waals surface area contributed by atoms with Crippen molar-refractivity contribution in [3.05, 3.63) is 29.3 Å². The second kappa shape index (κ2) is 4.12. The summed E-state index contributed by atoms with van der Waals surface area (Å²) in [6.07, 6.45) is 4.12. The smallest absolute Gasteiger partial charge is 0.131 e. The summed E-state index contributed by atoms with van der Waals surface area (Å²) in [6.45, 7) is 2.56. The van der Waals surface area contributed by atoms with Gasteiger partial charge in [-0.15, -0.1) is 0 Å². The SMILES string of the molecule is Clc1ccc([NH+]2CCCCC2)cc1.